The highest BCUT2D eigenvalue weighted by atomic mass is 32.2. The maximum absolute atomic E-state index is 12.3. The second-order valence-electron chi connectivity index (χ2n) is 4.96. The minimum absolute atomic E-state index is 0.0938. The lowest BCUT2D eigenvalue weighted by Crippen LogP contribution is -2.50. The number of benzene rings is 1. The summed E-state index contributed by atoms with van der Waals surface area (Å²) < 4.78 is 27.3. The molecule has 0 radical (unpaired) electrons. The van der Waals surface area contributed by atoms with Gasteiger partial charge in [-0.05, 0) is 37.1 Å². The van der Waals surface area contributed by atoms with Crippen LogP contribution in [0.2, 0.25) is 0 Å². The van der Waals surface area contributed by atoms with E-state index in [-0.39, 0.29) is 17.4 Å². The minimum atomic E-state index is -3.72. The average Bonchev–Trinajstić information content (AvgIpc) is 2.45. The van der Waals surface area contributed by atoms with Gasteiger partial charge in [-0.3, -0.25) is 4.79 Å². The van der Waals surface area contributed by atoms with Crippen LogP contribution in [-0.4, -0.2) is 31.6 Å². The van der Waals surface area contributed by atoms with E-state index in [9.17, 15) is 18.3 Å². The van der Waals surface area contributed by atoms with Crippen molar-refractivity contribution in [2.45, 2.75) is 44.0 Å². The van der Waals surface area contributed by atoms with E-state index in [1.54, 1.807) is 0 Å². The van der Waals surface area contributed by atoms with Crippen LogP contribution in [0.15, 0.2) is 29.2 Å². The molecule has 0 aliphatic carbocycles. The van der Waals surface area contributed by atoms with Crippen molar-refractivity contribution in [1.82, 2.24) is 4.72 Å². The number of nitrogens with one attached hydrogen (secondary N) is 2. The van der Waals surface area contributed by atoms with Gasteiger partial charge in [-0.2, -0.15) is 0 Å². The quantitative estimate of drug-likeness (QED) is 0.710. The molecule has 0 aliphatic rings. The molecule has 118 valence electrons. The SMILES string of the molecule is CCC(CC)(CO)NS(=O)(=O)c1ccc(NC(C)=O)cc1. The molecule has 0 saturated carbocycles. The molecule has 1 aromatic carbocycles. The number of hydrogen-bond donors (Lipinski definition) is 3. The molecule has 0 fully saturated rings. The zero-order chi connectivity index (χ0) is 16.1. The van der Waals surface area contributed by atoms with Crippen molar-refractivity contribution in [3.63, 3.8) is 0 Å². The smallest absolute Gasteiger partial charge is 0.241 e. The van der Waals surface area contributed by atoms with Gasteiger partial charge in [-0.1, -0.05) is 13.8 Å². The number of carbonyl (C=O) groups is 1. The Morgan fingerprint density at radius 1 is 1.19 bits per heavy atom. The highest BCUT2D eigenvalue weighted by molar-refractivity contribution is 7.89. The Labute approximate surface area is 125 Å². The first-order valence-corrected chi connectivity index (χ1v) is 8.29. The monoisotopic (exact) mass is 314 g/mol. The summed E-state index contributed by atoms with van der Waals surface area (Å²) in [7, 11) is -3.72. The topological polar surface area (TPSA) is 95.5 Å². The third kappa shape index (κ3) is 4.52. The molecule has 0 atom stereocenters. The summed E-state index contributed by atoms with van der Waals surface area (Å²) in [6.07, 6.45) is 0.979. The Bertz CT molecular complexity index is 569. The van der Waals surface area contributed by atoms with Crippen molar-refractivity contribution in [2.24, 2.45) is 0 Å². The van der Waals surface area contributed by atoms with Crippen molar-refractivity contribution in [3.05, 3.63) is 24.3 Å². The lowest BCUT2D eigenvalue weighted by atomic mass is 9.96. The molecule has 1 rings (SSSR count). The summed E-state index contributed by atoms with van der Waals surface area (Å²) >= 11 is 0. The van der Waals surface area contributed by atoms with Gasteiger partial charge in [0.2, 0.25) is 15.9 Å². The highest BCUT2D eigenvalue weighted by Crippen LogP contribution is 2.20. The van der Waals surface area contributed by atoms with E-state index in [4.69, 9.17) is 0 Å². The fourth-order valence-corrected chi connectivity index (χ4v) is 3.45. The molecule has 0 aromatic heterocycles. The lowest BCUT2D eigenvalue weighted by molar-refractivity contribution is -0.114. The van der Waals surface area contributed by atoms with Crippen molar-refractivity contribution in [2.75, 3.05) is 11.9 Å². The molecule has 7 heteroatoms. The minimum Gasteiger partial charge on any atom is -0.394 e. The molecule has 0 bridgehead atoms. The normalized spacial score (nSPS) is 12.2. The Morgan fingerprint density at radius 2 is 1.71 bits per heavy atom. The van der Waals surface area contributed by atoms with Gasteiger partial charge in [0.25, 0.3) is 0 Å². The molecule has 6 nitrogen and oxygen atoms in total. The molecular formula is C14H22N2O4S. The Kier molecular flexibility index (Phi) is 5.88. The predicted octanol–water partition coefficient (Wildman–Crippen LogP) is 1.47. The Morgan fingerprint density at radius 3 is 2.10 bits per heavy atom. The van der Waals surface area contributed by atoms with Crippen molar-refractivity contribution < 1.29 is 18.3 Å². The van der Waals surface area contributed by atoms with E-state index in [0.717, 1.165) is 0 Å². The Hall–Kier alpha value is -1.44. The van der Waals surface area contributed by atoms with E-state index in [0.29, 0.717) is 18.5 Å². The van der Waals surface area contributed by atoms with Crippen LogP contribution in [0.3, 0.4) is 0 Å². The largest absolute Gasteiger partial charge is 0.394 e. The first kappa shape index (κ1) is 17.6. The summed E-state index contributed by atoms with van der Waals surface area (Å²) in [4.78, 5) is 11.0. The molecule has 0 unspecified atom stereocenters. The van der Waals surface area contributed by atoms with Crippen LogP contribution in [0.5, 0.6) is 0 Å². The van der Waals surface area contributed by atoms with E-state index in [2.05, 4.69) is 10.0 Å². The van der Waals surface area contributed by atoms with Crippen LogP contribution in [0.25, 0.3) is 0 Å². The molecule has 1 aromatic rings. The van der Waals surface area contributed by atoms with Crippen molar-refractivity contribution in [1.29, 1.82) is 0 Å². The zero-order valence-electron chi connectivity index (χ0n) is 12.5. The summed E-state index contributed by atoms with van der Waals surface area (Å²) in [6, 6.07) is 5.88. The van der Waals surface area contributed by atoms with Crippen LogP contribution >= 0.6 is 0 Å². The molecule has 0 spiro atoms. The number of anilines is 1. The molecule has 0 aliphatic heterocycles. The molecule has 3 N–H and O–H groups in total. The molecule has 0 heterocycles. The van der Waals surface area contributed by atoms with Gasteiger partial charge in [-0.15, -0.1) is 0 Å². The summed E-state index contributed by atoms with van der Waals surface area (Å²) in [6.45, 7) is 4.76. The maximum atomic E-state index is 12.3. The Balaban J connectivity index is 3.00. The number of amides is 1. The number of sulfonamides is 1. The molecule has 0 saturated heterocycles. The number of aliphatic hydroxyl groups excluding tert-OH is 1. The first-order valence-electron chi connectivity index (χ1n) is 6.81. The van der Waals surface area contributed by atoms with Gasteiger partial charge >= 0.3 is 0 Å². The average molecular weight is 314 g/mol. The zero-order valence-corrected chi connectivity index (χ0v) is 13.3. The number of aliphatic hydroxyl groups is 1. The van der Waals surface area contributed by atoms with Crippen LogP contribution in [0.1, 0.15) is 33.6 Å². The van der Waals surface area contributed by atoms with Crippen LogP contribution in [-0.2, 0) is 14.8 Å². The standard InChI is InChI=1S/C14H22N2O4S/c1-4-14(5-2,10-17)16-21(19,20)13-8-6-12(7-9-13)15-11(3)18/h6-9,16-17H,4-5,10H2,1-3H3,(H,15,18). The fourth-order valence-electron chi connectivity index (χ4n) is 1.91. The van der Waals surface area contributed by atoms with Crippen LogP contribution in [0.4, 0.5) is 5.69 Å². The van der Waals surface area contributed by atoms with E-state index in [1.165, 1.54) is 31.2 Å². The summed E-state index contributed by atoms with van der Waals surface area (Å²) in [5.74, 6) is -0.222. The van der Waals surface area contributed by atoms with Gasteiger partial charge in [-0.25, -0.2) is 13.1 Å². The number of hydrogen-bond acceptors (Lipinski definition) is 4. The lowest BCUT2D eigenvalue weighted by Gasteiger charge is -2.30. The van der Waals surface area contributed by atoms with Gasteiger partial charge in [0, 0.05) is 12.6 Å². The molecule has 1 amide bonds. The van der Waals surface area contributed by atoms with Crippen LogP contribution < -0.4 is 10.0 Å². The number of rotatable bonds is 7. The molecular weight excluding hydrogens is 292 g/mol. The predicted molar refractivity (Wildman–Crippen MR) is 81.5 cm³/mol. The third-order valence-electron chi connectivity index (χ3n) is 3.49. The fraction of sp³-hybridized carbons (Fsp3) is 0.500. The van der Waals surface area contributed by atoms with E-state index < -0.39 is 15.6 Å². The molecule has 21 heavy (non-hydrogen) atoms. The van der Waals surface area contributed by atoms with Gasteiger partial charge in [0.1, 0.15) is 0 Å². The second-order valence-corrected chi connectivity index (χ2v) is 6.64. The van der Waals surface area contributed by atoms with E-state index >= 15 is 0 Å². The highest BCUT2D eigenvalue weighted by Gasteiger charge is 2.31. The van der Waals surface area contributed by atoms with Crippen LogP contribution in [0, 0.1) is 0 Å². The van der Waals surface area contributed by atoms with Gasteiger partial charge < -0.3 is 10.4 Å². The van der Waals surface area contributed by atoms with Gasteiger partial charge in [0.15, 0.2) is 0 Å². The second kappa shape index (κ2) is 7.02. The van der Waals surface area contributed by atoms with Crippen molar-refractivity contribution in [3.8, 4) is 0 Å². The van der Waals surface area contributed by atoms with Gasteiger partial charge in [0.05, 0.1) is 17.0 Å². The summed E-state index contributed by atoms with van der Waals surface area (Å²) in [5, 5.41) is 12.0. The summed E-state index contributed by atoms with van der Waals surface area (Å²) in [5.41, 5.74) is -0.323. The number of carbonyl (C=O) groups excluding carboxylic acids is 1. The maximum Gasteiger partial charge on any atom is 0.241 e. The van der Waals surface area contributed by atoms with Crippen molar-refractivity contribution >= 4 is 21.6 Å². The third-order valence-corrected chi connectivity index (χ3v) is 5.09. The first-order chi connectivity index (χ1) is 9.78. The van der Waals surface area contributed by atoms with E-state index in [1.807, 2.05) is 13.8 Å².